The Hall–Kier alpha value is -5.16. The molecule has 4 aromatic carbocycles. The van der Waals surface area contributed by atoms with Crippen LogP contribution in [0.15, 0.2) is 127 Å². The quantitative estimate of drug-likeness (QED) is 0.225. The normalized spacial score (nSPS) is 15.7. The van der Waals surface area contributed by atoms with E-state index in [4.69, 9.17) is 30.0 Å². The molecule has 2 aromatic heterocycles. The minimum atomic E-state index is -4.23. The number of benzene rings is 4. The predicted octanol–water partition coefficient (Wildman–Crippen LogP) is 4.35. The maximum absolute atomic E-state index is 15.3. The summed E-state index contributed by atoms with van der Waals surface area (Å²) in [5.41, 5.74) is 4.67. The van der Waals surface area contributed by atoms with Gasteiger partial charge in [-0.05, 0) is 0 Å². The fourth-order valence-electron chi connectivity index (χ4n) is 6.26. The second-order valence-corrected chi connectivity index (χ2v) is 14.6. The van der Waals surface area contributed by atoms with Crippen molar-refractivity contribution in [2.45, 2.75) is 0 Å². The molecule has 6 bridgehead atoms. The average molecular weight is 647 g/mol. The molecule has 4 aliphatic rings. The van der Waals surface area contributed by atoms with E-state index >= 15 is 3.08 Å². The van der Waals surface area contributed by atoms with Crippen molar-refractivity contribution in [2.24, 2.45) is 30.0 Å². The van der Waals surface area contributed by atoms with Crippen LogP contribution in [-0.2, 0) is 3.08 Å². The molecule has 6 heterocycles. The first-order valence-corrected chi connectivity index (χ1v) is 17.3. The molecule has 0 fully saturated rings. The fraction of sp³-hybridized carbons (Fsp3) is 0. The van der Waals surface area contributed by atoms with Gasteiger partial charge in [-0.1, -0.05) is 0 Å². The van der Waals surface area contributed by atoms with Crippen LogP contribution in [0.1, 0.15) is 22.3 Å². The van der Waals surface area contributed by atoms with Crippen molar-refractivity contribution in [1.29, 1.82) is 0 Å². The number of aliphatic imine (C=N–C) groups is 4. The number of rotatable bonds is 0. The van der Waals surface area contributed by atoms with Gasteiger partial charge in [-0.25, -0.2) is 0 Å². The van der Waals surface area contributed by atoms with Gasteiger partial charge < -0.3 is 0 Å². The monoisotopic (exact) mass is 648 g/mol. The molecule has 4 aliphatic heterocycles. The first-order chi connectivity index (χ1) is 20.7. The van der Waals surface area contributed by atoms with Crippen LogP contribution in [0.3, 0.4) is 0 Å². The predicted molar refractivity (Wildman–Crippen MR) is 162 cm³/mol. The maximum atomic E-state index is 15.3. The Bertz CT molecular complexity index is 2380. The van der Waals surface area contributed by atoms with Crippen LogP contribution in [0.4, 0.5) is 11.6 Å². The van der Waals surface area contributed by atoms with Gasteiger partial charge in [-0.15, -0.1) is 0 Å². The summed E-state index contributed by atoms with van der Waals surface area (Å²) in [6.07, 6.45) is 0. The summed E-state index contributed by atoms with van der Waals surface area (Å²) >= 11 is -4.23. The van der Waals surface area contributed by atoms with Crippen molar-refractivity contribution in [2.75, 3.05) is 0 Å². The van der Waals surface area contributed by atoms with E-state index in [0.717, 1.165) is 43.8 Å². The zero-order valence-corrected chi connectivity index (χ0v) is 24.6. The molecule has 0 amide bonds. The molecular formula is C32H16N8OSn. The molecule has 10 heteroatoms. The molecule has 6 aromatic rings. The summed E-state index contributed by atoms with van der Waals surface area (Å²) in [7, 11) is 0. The molecule has 194 valence electrons. The van der Waals surface area contributed by atoms with E-state index in [-0.39, 0.29) is 0 Å². The Labute approximate surface area is 244 Å². The van der Waals surface area contributed by atoms with Crippen LogP contribution in [0.25, 0.3) is 21.5 Å². The van der Waals surface area contributed by atoms with Crippen molar-refractivity contribution >= 4 is 76.8 Å². The summed E-state index contributed by atoms with van der Waals surface area (Å²) in [6, 6.07) is 31.8. The third-order valence-corrected chi connectivity index (χ3v) is 12.7. The van der Waals surface area contributed by atoms with Crippen LogP contribution in [-0.4, -0.2) is 49.2 Å². The van der Waals surface area contributed by atoms with Crippen LogP contribution in [0.2, 0.25) is 0 Å². The molecule has 0 saturated heterocycles. The van der Waals surface area contributed by atoms with Gasteiger partial charge in [0.2, 0.25) is 0 Å². The van der Waals surface area contributed by atoms with Gasteiger partial charge in [0.05, 0.1) is 0 Å². The molecular weight excluding hydrogens is 631 g/mol. The molecule has 9 nitrogen and oxygen atoms in total. The van der Waals surface area contributed by atoms with Gasteiger partial charge in [0, 0.05) is 0 Å². The second kappa shape index (κ2) is 7.98. The summed E-state index contributed by atoms with van der Waals surface area (Å²) in [4.78, 5) is 30.4. The van der Waals surface area contributed by atoms with E-state index in [1.54, 1.807) is 0 Å². The van der Waals surface area contributed by atoms with E-state index < -0.39 is 20.3 Å². The van der Waals surface area contributed by atoms with Crippen molar-refractivity contribution in [3.63, 3.8) is 0 Å². The molecule has 0 N–H and O–H groups in total. The molecule has 0 spiro atoms. The summed E-state index contributed by atoms with van der Waals surface area (Å²) < 4.78 is 18.9. The van der Waals surface area contributed by atoms with Crippen LogP contribution in [0.5, 0.6) is 0 Å². The van der Waals surface area contributed by atoms with Crippen molar-refractivity contribution in [3.8, 4) is 0 Å². The van der Waals surface area contributed by atoms with E-state index in [0.29, 0.717) is 46.0 Å². The topological polar surface area (TPSA) is 101 Å². The van der Waals surface area contributed by atoms with Gasteiger partial charge in [0.25, 0.3) is 0 Å². The molecule has 0 saturated carbocycles. The Morgan fingerprint density at radius 2 is 0.762 bits per heavy atom. The summed E-state index contributed by atoms with van der Waals surface area (Å²) in [6.45, 7) is 0. The molecule has 0 radical (unpaired) electrons. The third-order valence-electron chi connectivity index (χ3n) is 8.14. The van der Waals surface area contributed by atoms with Crippen molar-refractivity contribution in [3.05, 3.63) is 130 Å². The summed E-state index contributed by atoms with van der Waals surface area (Å²) in [5.74, 6) is 3.29. The van der Waals surface area contributed by atoms with E-state index in [2.05, 4.69) is 0 Å². The third kappa shape index (κ3) is 2.82. The second-order valence-electron chi connectivity index (χ2n) is 10.4. The number of aromatic nitrogens is 2. The van der Waals surface area contributed by atoms with Crippen molar-refractivity contribution < 1.29 is 3.08 Å². The van der Waals surface area contributed by atoms with E-state index in [1.165, 1.54) is 0 Å². The number of hydrogen-bond donors (Lipinski definition) is 0. The molecule has 0 atom stereocenters. The molecule has 0 aliphatic carbocycles. The molecule has 42 heavy (non-hydrogen) atoms. The first kappa shape index (κ1) is 22.5. The van der Waals surface area contributed by atoms with Gasteiger partial charge in [-0.2, -0.15) is 0 Å². The standard InChI is InChI=1S/C32H16N8.O.Sn/c1-2-10-18-17(9-1)25-33-26(18)38-28-21-13-5-6-14-22(21)30(35-28)40-32-24-16-8-7-15-23(24)31(36-32)39-29-20-12-4-3-11-19(20)27(34-29)37-25;;/h1-16H;;/q-2;;+2. The molecule has 0 unspecified atom stereocenters. The Balaban J connectivity index is 1.51. The van der Waals surface area contributed by atoms with Gasteiger partial charge >= 0.3 is 246 Å². The zero-order valence-electron chi connectivity index (χ0n) is 21.7. The average Bonchev–Trinajstić information content (AvgIpc) is 3.74. The first-order valence-electron chi connectivity index (χ1n) is 13.5. The van der Waals surface area contributed by atoms with Crippen LogP contribution < -0.4 is 11.0 Å². The number of fused-ring (bicyclic) bond motifs is 14. The number of amidine groups is 4. The Morgan fingerprint density at radius 1 is 0.405 bits per heavy atom. The number of hydrogen-bond acceptors (Lipinski definition) is 7. The van der Waals surface area contributed by atoms with Crippen LogP contribution in [0, 0.1) is 0 Å². The van der Waals surface area contributed by atoms with Gasteiger partial charge in [0.15, 0.2) is 0 Å². The SMILES string of the molecule is [O]=[Sn]1[n]2c3c4ccccc4c2N=C2N=C(N=c4c5ccccc5c([n]41)=NC1=NC(=N3)c3ccccc31)c1ccccc12. The van der Waals surface area contributed by atoms with Crippen LogP contribution >= 0.6 is 0 Å². The Morgan fingerprint density at radius 3 is 1.19 bits per heavy atom. The van der Waals surface area contributed by atoms with Gasteiger partial charge in [-0.3, -0.25) is 0 Å². The molecule has 10 rings (SSSR count). The minimum absolute atomic E-state index is 0.539. The number of nitrogens with zero attached hydrogens (tertiary/aromatic N) is 8. The fourth-order valence-corrected chi connectivity index (χ4v) is 10.8. The zero-order chi connectivity index (χ0) is 27.5. The Kier molecular flexibility index (Phi) is 4.28. The van der Waals surface area contributed by atoms with Crippen molar-refractivity contribution in [1.82, 2.24) is 5.58 Å². The summed E-state index contributed by atoms with van der Waals surface area (Å²) in [5, 5.41) is 3.40. The van der Waals surface area contributed by atoms with E-state index in [1.807, 2.05) is 103 Å². The van der Waals surface area contributed by atoms with E-state index in [9.17, 15) is 0 Å². The van der Waals surface area contributed by atoms with Gasteiger partial charge in [0.1, 0.15) is 0 Å².